The SMILES string of the molecule is O=c1[nH]c(=O)c2ccc(C(F)(F)F)nc2[nH]1. The highest BCUT2D eigenvalue weighted by Gasteiger charge is 2.32. The fourth-order valence-electron chi connectivity index (χ4n) is 1.20. The van der Waals surface area contributed by atoms with Gasteiger partial charge in [-0.05, 0) is 12.1 Å². The van der Waals surface area contributed by atoms with Gasteiger partial charge in [0.15, 0.2) is 0 Å². The molecular formula is C8H4F3N3O2. The van der Waals surface area contributed by atoms with Crippen LogP contribution >= 0.6 is 0 Å². The normalized spacial score (nSPS) is 11.9. The molecule has 0 unspecified atom stereocenters. The van der Waals surface area contributed by atoms with Crippen LogP contribution in [0.1, 0.15) is 5.69 Å². The smallest absolute Gasteiger partial charge is 0.291 e. The van der Waals surface area contributed by atoms with E-state index in [4.69, 9.17) is 0 Å². The molecule has 0 radical (unpaired) electrons. The molecule has 8 heteroatoms. The Balaban J connectivity index is 2.82. The molecule has 2 rings (SSSR count). The number of rotatable bonds is 0. The van der Waals surface area contributed by atoms with Crippen molar-refractivity contribution < 1.29 is 13.2 Å². The van der Waals surface area contributed by atoms with Crippen LogP contribution in [0.3, 0.4) is 0 Å². The molecule has 0 aliphatic carbocycles. The quantitative estimate of drug-likeness (QED) is 0.697. The van der Waals surface area contributed by atoms with Crippen molar-refractivity contribution in [1.29, 1.82) is 0 Å². The van der Waals surface area contributed by atoms with E-state index in [-0.39, 0.29) is 11.0 Å². The molecule has 2 N–H and O–H groups in total. The first kappa shape index (κ1) is 10.4. The van der Waals surface area contributed by atoms with Gasteiger partial charge in [-0.25, -0.2) is 9.78 Å². The van der Waals surface area contributed by atoms with E-state index in [0.29, 0.717) is 6.07 Å². The zero-order valence-corrected chi connectivity index (χ0v) is 7.55. The zero-order valence-electron chi connectivity index (χ0n) is 7.55. The van der Waals surface area contributed by atoms with Gasteiger partial charge < -0.3 is 0 Å². The number of nitrogens with zero attached hydrogens (tertiary/aromatic N) is 1. The molecule has 0 fully saturated rings. The van der Waals surface area contributed by atoms with Crippen LogP contribution in [-0.2, 0) is 6.18 Å². The monoisotopic (exact) mass is 231 g/mol. The first-order valence-electron chi connectivity index (χ1n) is 4.08. The number of aromatic amines is 2. The second kappa shape index (κ2) is 3.19. The number of hydrogen-bond donors (Lipinski definition) is 2. The van der Waals surface area contributed by atoms with Gasteiger partial charge in [-0.2, -0.15) is 13.2 Å². The van der Waals surface area contributed by atoms with Crippen molar-refractivity contribution >= 4 is 11.0 Å². The topological polar surface area (TPSA) is 78.6 Å². The maximum absolute atomic E-state index is 12.3. The number of H-pyrrole nitrogens is 2. The Morgan fingerprint density at radius 3 is 2.44 bits per heavy atom. The number of hydrogen-bond acceptors (Lipinski definition) is 3. The Labute approximate surface area is 85.0 Å². The van der Waals surface area contributed by atoms with Crippen LogP contribution in [0.25, 0.3) is 11.0 Å². The van der Waals surface area contributed by atoms with Crippen molar-refractivity contribution in [1.82, 2.24) is 15.0 Å². The minimum absolute atomic E-state index is 0.104. The molecule has 0 aliphatic rings. The number of aromatic nitrogens is 3. The second-order valence-electron chi connectivity index (χ2n) is 3.00. The van der Waals surface area contributed by atoms with Gasteiger partial charge in [0, 0.05) is 0 Å². The minimum atomic E-state index is -4.62. The standard InChI is InChI=1S/C8H4F3N3O2/c9-8(10,11)4-2-1-3-5(12-4)13-7(16)14-6(3)15/h1-2H,(H2,12,13,14,15,16). The van der Waals surface area contributed by atoms with Crippen LogP contribution in [0.2, 0.25) is 0 Å². The molecule has 2 aromatic rings. The van der Waals surface area contributed by atoms with Crippen molar-refractivity contribution in [2.75, 3.05) is 0 Å². The Hall–Kier alpha value is -2.12. The number of pyridine rings is 1. The first-order chi connectivity index (χ1) is 7.38. The highest BCUT2D eigenvalue weighted by atomic mass is 19.4. The van der Waals surface area contributed by atoms with E-state index in [1.807, 2.05) is 9.97 Å². The summed E-state index contributed by atoms with van der Waals surface area (Å²) in [6, 6.07) is 1.63. The van der Waals surface area contributed by atoms with Crippen LogP contribution in [0, 0.1) is 0 Å². The summed E-state index contributed by atoms with van der Waals surface area (Å²) in [5.41, 5.74) is -3.23. The molecule has 0 bridgehead atoms. The summed E-state index contributed by atoms with van der Waals surface area (Å²) in [5, 5.41) is -0.104. The molecule has 0 atom stereocenters. The van der Waals surface area contributed by atoms with Gasteiger partial charge >= 0.3 is 11.9 Å². The number of nitrogens with one attached hydrogen (secondary N) is 2. The second-order valence-corrected chi connectivity index (χ2v) is 3.00. The average molecular weight is 231 g/mol. The molecule has 0 saturated carbocycles. The van der Waals surface area contributed by atoms with Crippen LogP contribution in [0.5, 0.6) is 0 Å². The molecule has 2 aromatic heterocycles. The third-order valence-corrected chi connectivity index (χ3v) is 1.89. The summed E-state index contributed by atoms with van der Waals surface area (Å²) in [6.07, 6.45) is -4.62. The first-order valence-corrected chi connectivity index (χ1v) is 4.08. The average Bonchev–Trinajstić information content (AvgIpc) is 2.15. The van der Waals surface area contributed by atoms with E-state index in [2.05, 4.69) is 4.98 Å². The molecule has 0 saturated heterocycles. The Kier molecular flexibility index (Phi) is 2.07. The lowest BCUT2D eigenvalue weighted by atomic mass is 10.3. The molecule has 0 spiro atoms. The molecule has 16 heavy (non-hydrogen) atoms. The maximum atomic E-state index is 12.3. The molecular weight excluding hydrogens is 227 g/mol. The third kappa shape index (κ3) is 1.69. The highest BCUT2D eigenvalue weighted by molar-refractivity contribution is 5.72. The number of halogens is 3. The fraction of sp³-hybridized carbons (Fsp3) is 0.125. The highest BCUT2D eigenvalue weighted by Crippen LogP contribution is 2.27. The summed E-state index contributed by atoms with van der Waals surface area (Å²) in [4.78, 5) is 29.1. The minimum Gasteiger partial charge on any atom is -0.291 e. The lowest BCUT2D eigenvalue weighted by Crippen LogP contribution is -2.23. The predicted molar refractivity (Wildman–Crippen MR) is 48.0 cm³/mol. The summed E-state index contributed by atoms with van der Waals surface area (Å²) in [5.74, 6) is 0. The number of alkyl halides is 3. The summed E-state index contributed by atoms with van der Waals surface area (Å²) >= 11 is 0. The molecule has 84 valence electrons. The van der Waals surface area contributed by atoms with Crippen molar-refractivity contribution in [3.05, 3.63) is 38.7 Å². The molecule has 5 nitrogen and oxygen atoms in total. The van der Waals surface area contributed by atoms with Gasteiger partial charge in [0.25, 0.3) is 5.56 Å². The predicted octanol–water partition coefficient (Wildman–Crippen LogP) is 0.630. The molecule has 2 heterocycles. The van der Waals surface area contributed by atoms with Gasteiger partial charge in [-0.3, -0.25) is 14.8 Å². The van der Waals surface area contributed by atoms with Gasteiger partial charge in [-0.15, -0.1) is 0 Å². The van der Waals surface area contributed by atoms with Gasteiger partial charge in [0.1, 0.15) is 11.3 Å². The zero-order chi connectivity index (χ0) is 11.9. The summed E-state index contributed by atoms with van der Waals surface area (Å²) < 4.78 is 36.8. The van der Waals surface area contributed by atoms with Gasteiger partial charge in [0.05, 0.1) is 5.39 Å². The van der Waals surface area contributed by atoms with Gasteiger partial charge in [0.2, 0.25) is 0 Å². The van der Waals surface area contributed by atoms with Crippen LogP contribution in [-0.4, -0.2) is 15.0 Å². The molecule has 0 amide bonds. The Morgan fingerprint density at radius 2 is 1.81 bits per heavy atom. The Bertz CT molecular complexity index is 656. The van der Waals surface area contributed by atoms with Crippen molar-refractivity contribution in [2.45, 2.75) is 6.18 Å². The fourth-order valence-corrected chi connectivity index (χ4v) is 1.20. The lowest BCUT2D eigenvalue weighted by Gasteiger charge is -2.05. The summed E-state index contributed by atoms with van der Waals surface area (Å²) in [6.45, 7) is 0. The van der Waals surface area contributed by atoms with E-state index >= 15 is 0 Å². The van der Waals surface area contributed by atoms with E-state index in [9.17, 15) is 22.8 Å². The third-order valence-electron chi connectivity index (χ3n) is 1.89. The lowest BCUT2D eigenvalue weighted by molar-refractivity contribution is -0.141. The van der Waals surface area contributed by atoms with Crippen molar-refractivity contribution in [2.24, 2.45) is 0 Å². The van der Waals surface area contributed by atoms with E-state index < -0.39 is 23.1 Å². The molecule has 0 aromatic carbocycles. The largest absolute Gasteiger partial charge is 0.433 e. The van der Waals surface area contributed by atoms with Crippen LogP contribution in [0.15, 0.2) is 21.7 Å². The van der Waals surface area contributed by atoms with Gasteiger partial charge in [-0.1, -0.05) is 0 Å². The number of fused-ring (bicyclic) bond motifs is 1. The summed E-state index contributed by atoms with van der Waals surface area (Å²) in [7, 11) is 0. The van der Waals surface area contributed by atoms with Crippen molar-refractivity contribution in [3.63, 3.8) is 0 Å². The molecule has 0 aliphatic heterocycles. The maximum Gasteiger partial charge on any atom is 0.433 e. The van der Waals surface area contributed by atoms with E-state index in [1.165, 1.54) is 0 Å². The van der Waals surface area contributed by atoms with E-state index in [0.717, 1.165) is 6.07 Å². The van der Waals surface area contributed by atoms with E-state index in [1.54, 1.807) is 0 Å². The van der Waals surface area contributed by atoms with Crippen LogP contribution in [0.4, 0.5) is 13.2 Å². The van der Waals surface area contributed by atoms with Crippen molar-refractivity contribution in [3.8, 4) is 0 Å². The van der Waals surface area contributed by atoms with Crippen LogP contribution < -0.4 is 11.2 Å². The Morgan fingerprint density at radius 1 is 1.12 bits per heavy atom.